The third-order valence-corrected chi connectivity index (χ3v) is 4.01. The highest BCUT2D eigenvalue weighted by molar-refractivity contribution is 6.04. The molecule has 0 fully saturated rings. The number of methoxy groups -OCH3 is 1. The number of ether oxygens (including phenoxy) is 2. The predicted molar refractivity (Wildman–Crippen MR) is 92.0 cm³/mol. The Kier molecular flexibility index (Phi) is 5.41. The smallest absolute Gasteiger partial charge is 0.339 e. The Bertz CT molecular complexity index is 817. The van der Waals surface area contributed by atoms with Gasteiger partial charge < -0.3 is 14.5 Å². The van der Waals surface area contributed by atoms with Crippen LogP contribution in [0.5, 0.6) is 0 Å². The number of Topliss-reactive ketones (excluding diaryl/α,β-unsaturated/α-hetero) is 1. The van der Waals surface area contributed by atoms with E-state index in [0.717, 1.165) is 5.56 Å². The van der Waals surface area contributed by atoms with Crippen molar-refractivity contribution in [2.75, 3.05) is 7.11 Å². The van der Waals surface area contributed by atoms with E-state index >= 15 is 0 Å². The molecule has 1 aromatic carbocycles. The first-order valence-electron chi connectivity index (χ1n) is 7.85. The minimum atomic E-state index is -0.990. The second-order valence-electron chi connectivity index (χ2n) is 5.89. The molecule has 1 aromatic heterocycles. The lowest BCUT2D eigenvalue weighted by Crippen LogP contribution is -2.25. The number of hydrogen-bond donors (Lipinski definition) is 1. The fourth-order valence-corrected chi connectivity index (χ4v) is 2.58. The first-order chi connectivity index (χ1) is 11.8. The zero-order chi connectivity index (χ0) is 18.7. The van der Waals surface area contributed by atoms with Crippen LogP contribution in [-0.4, -0.2) is 35.9 Å². The molecule has 1 heterocycles. The molecule has 1 atom stereocenters. The largest absolute Gasteiger partial charge is 0.465 e. The summed E-state index contributed by atoms with van der Waals surface area (Å²) in [4.78, 5) is 39.5. The molecule has 2 rings (SSSR count). The Morgan fingerprint density at radius 3 is 2.16 bits per heavy atom. The molecule has 0 aliphatic carbocycles. The molecule has 0 aliphatic rings. The van der Waals surface area contributed by atoms with Crippen LogP contribution in [0.15, 0.2) is 24.3 Å². The molecular formula is C19H21NO5. The molecule has 0 saturated carbocycles. The van der Waals surface area contributed by atoms with E-state index < -0.39 is 23.8 Å². The van der Waals surface area contributed by atoms with Gasteiger partial charge in [0.05, 0.1) is 23.9 Å². The molecule has 6 nitrogen and oxygen atoms in total. The molecular weight excluding hydrogens is 322 g/mol. The zero-order valence-corrected chi connectivity index (χ0v) is 14.9. The highest BCUT2D eigenvalue weighted by atomic mass is 16.5. The van der Waals surface area contributed by atoms with Crippen molar-refractivity contribution < 1.29 is 23.9 Å². The zero-order valence-electron chi connectivity index (χ0n) is 14.9. The number of rotatable bonds is 5. The van der Waals surface area contributed by atoms with Crippen molar-refractivity contribution in [3.05, 3.63) is 57.9 Å². The first kappa shape index (κ1) is 18.4. The number of aromatic nitrogens is 1. The van der Waals surface area contributed by atoms with Crippen molar-refractivity contribution in [1.82, 2.24) is 4.98 Å². The summed E-state index contributed by atoms with van der Waals surface area (Å²) in [6.07, 6.45) is -0.990. The van der Waals surface area contributed by atoms with E-state index in [4.69, 9.17) is 9.47 Å². The predicted octanol–water partition coefficient (Wildman–Crippen LogP) is 3.15. The van der Waals surface area contributed by atoms with Crippen LogP contribution in [0.1, 0.15) is 54.9 Å². The van der Waals surface area contributed by atoms with Gasteiger partial charge in [-0.25, -0.2) is 9.59 Å². The first-order valence-corrected chi connectivity index (χ1v) is 7.85. The molecule has 0 unspecified atom stereocenters. The maximum absolute atomic E-state index is 12.6. The summed E-state index contributed by atoms with van der Waals surface area (Å²) >= 11 is 0. The number of aryl methyl sites for hydroxylation is 2. The number of benzene rings is 1. The average Bonchev–Trinajstić information content (AvgIpc) is 2.88. The maximum atomic E-state index is 12.6. The van der Waals surface area contributed by atoms with Gasteiger partial charge in [0.2, 0.25) is 5.78 Å². The van der Waals surface area contributed by atoms with Crippen LogP contribution in [0.4, 0.5) is 0 Å². The van der Waals surface area contributed by atoms with Crippen molar-refractivity contribution in [2.24, 2.45) is 0 Å². The van der Waals surface area contributed by atoms with Crippen LogP contribution < -0.4 is 0 Å². The average molecular weight is 343 g/mol. The van der Waals surface area contributed by atoms with Gasteiger partial charge >= 0.3 is 11.9 Å². The lowest BCUT2D eigenvalue weighted by atomic mass is 10.1. The molecule has 0 amide bonds. The highest BCUT2D eigenvalue weighted by Crippen LogP contribution is 2.21. The lowest BCUT2D eigenvalue weighted by molar-refractivity contribution is 0.0316. The summed E-state index contributed by atoms with van der Waals surface area (Å²) < 4.78 is 9.99. The molecule has 25 heavy (non-hydrogen) atoms. The SMILES string of the molecule is COC(=O)c1c(C)[nH]c(C(=O)[C@@H](C)OC(=O)c2ccc(C)cc2)c1C. The van der Waals surface area contributed by atoms with Gasteiger partial charge in [0, 0.05) is 5.69 Å². The Labute approximate surface area is 146 Å². The van der Waals surface area contributed by atoms with Gasteiger partial charge in [0.15, 0.2) is 6.10 Å². The van der Waals surface area contributed by atoms with Gasteiger partial charge in [-0.15, -0.1) is 0 Å². The van der Waals surface area contributed by atoms with E-state index in [1.54, 1.807) is 38.1 Å². The number of aromatic amines is 1. The van der Waals surface area contributed by atoms with Crippen molar-refractivity contribution in [2.45, 2.75) is 33.8 Å². The normalized spacial score (nSPS) is 11.7. The van der Waals surface area contributed by atoms with Crippen LogP contribution in [0, 0.1) is 20.8 Å². The van der Waals surface area contributed by atoms with E-state index in [0.29, 0.717) is 22.4 Å². The molecule has 0 bridgehead atoms. The van der Waals surface area contributed by atoms with Crippen molar-refractivity contribution >= 4 is 17.7 Å². The van der Waals surface area contributed by atoms with E-state index in [9.17, 15) is 14.4 Å². The van der Waals surface area contributed by atoms with Crippen LogP contribution in [0.2, 0.25) is 0 Å². The summed E-state index contributed by atoms with van der Waals surface area (Å²) in [6.45, 7) is 6.74. The number of carbonyl (C=O) groups excluding carboxylic acids is 3. The standard InChI is InChI=1S/C19H21NO5/c1-10-6-8-14(9-7-10)18(22)25-13(4)17(21)16-11(2)15(12(3)20-16)19(23)24-5/h6-9,13,20H,1-5H3/t13-/m1/s1. The van der Waals surface area contributed by atoms with E-state index in [-0.39, 0.29) is 5.69 Å². The van der Waals surface area contributed by atoms with Crippen LogP contribution in [0.3, 0.4) is 0 Å². The summed E-state index contributed by atoms with van der Waals surface area (Å²) in [5.74, 6) is -1.50. The molecule has 0 saturated heterocycles. The number of carbonyl (C=O) groups is 3. The summed E-state index contributed by atoms with van der Waals surface area (Å²) in [6, 6.07) is 6.89. The Morgan fingerprint density at radius 1 is 1.00 bits per heavy atom. The second kappa shape index (κ2) is 7.34. The highest BCUT2D eigenvalue weighted by Gasteiger charge is 2.27. The lowest BCUT2D eigenvalue weighted by Gasteiger charge is -2.12. The van der Waals surface area contributed by atoms with Gasteiger partial charge in [-0.05, 0) is 45.4 Å². The number of ketones is 1. The molecule has 2 aromatic rings. The van der Waals surface area contributed by atoms with E-state index in [1.807, 2.05) is 6.92 Å². The fourth-order valence-electron chi connectivity index (χ4n) is 2.58. The molecule has 0 spiro atoms. The minimum Gasteiger partial charge on any atom is -0.465 e. The van der Waals surface area contributed by atoms with Crippen LogP contribution >= 0.6 is 0 Å². The van der Waals surface area contributed by atoms with Crippen molar-refractivity contribution in [1.29, 1.82) is 0 Å². The fraction of sp³-hybridized carbons (Fsp3) is 0.316. The summed E-state index contributed by atoms with van der Waals surface area (Å²) in [7, 11) is 1.28. The van der Waals surface area contributed by atoms with Crippen LogP contribution in [-0.2, 0) is 9.47 Å². The third-order valence-electron chi connectivity index (χ3n) is 4.01. The molecule has 1 N–H and O–H groups in total. The third kappa shape index (κ3) is 3.79. The number of esters is 2. The van der Waals surface area contributed by atoms with Gasteiger partial charge in [0.1, 0.15) is 0 Å². The molecule has 0 radical (unpaired) electrons. The monoisotopic (exact) mass is 343 g/mol. The topological polar surface area (TPSA) is 85.5 Å². The van der Waals surface area contributed by atoms with Crippen LogP contribution in [0.25, 0.3) is 0 Å². The van der Waals surface area contributed by atoms with E-state index in [1.165, 1.54) is 14.0 Å². The molecule has 0 aliphatic heterocycles. The van der Waals surface area contributed by atoms with Gasteiger partial charge in [-0.2, -0.15) is 0 Å². The Hall–Kier alpha value is -2.89. The molecule has 6 heteroatoms. The van der Waals surface area contributed by atoms with Gasteiger partial charge in [-0.3, -0.25) is 4.79 Å². The Balaban J connectivity index is 2.19. The maximum Gasteiger partial charge on any atom is 0.339 e. The molecule has 132 valence electrons. The van der Waals surface area contributed by atoms with Crippen molar-refractivity contribution in [3.63, 3.8) is 0 Å². The number of nitrogens with one attached hydrogen (secondary N) is 1. The number of hydrogen-bond acceptors (Lipinski definition) is 5. The van der Waals surface area contributed by atoms with Gasteiger partial charge in [0.25, 0.3) is 0 Å². The Morgan fingerprint density at radius 2 is 1.60 bits per heavy atom. The van der Waals surface area contributed by atoms with E-state index in [2.05, 4.69) is 4.98 Å². The van der Waals surface area contributed by atoms with Gasteiger partial charge in [-0.1, -0.05) is 17.7 Å². The van der Waals surface area contributed by atoms with Crippen molar-refractivity contribution in [3.8, 4) is 0 Å². The minimum absolute atomic E-state index is 0.238. The second-order valence-corrected chi connectivity index (χ2v) is 5.89. The summed E-state index contributed by atoms with van der Waals surface area (Å²) in [5, 5.41) is 0. The summed E-state index contributed by atoms with van der Waals surface area (Å²) in [5.41, 5.74) is 2.97. The number of H-pyrrole nitrogens is 1. The quantitative estimate of drug-likeness (QED) is 0.666.